The first-order valence-electron chi connectivity index (χ1n) is 6.98. The molecule has 114 valence electrons. The third-order valence-corrected chi connectivity index (χ3v) is 3.16. The summed E-state index contributed by atoms with van der Waals surface area (Å²) in [6.07, 6.45) is 2.26. The predicted octanol–water partition coefficient (Wildman–Crippen LogP) is 0.862. The number of aliphatic carboxylic acids is 1. The molecule has 6 nitrogen and oxygen atoms in total. The Balaban J connectivity index is 2.37. The summed E-state index contributed by atoms with van der Waals surface area (Å²) in [5.74, 6) is -0.883. The van der Waals surface area contributed by atoms with Crippen molar-refractivity contribution in [2.75, 3.05) is 19.6 Å². The van der Waals surface area contributed by atoms with Crippen molar-refractivity contribution >= 4 is 17.8 Å². The van der Waals surface area contributed by atoms with Gasteiger partial charge in [-0.05, 0) is 18.8 Å². The molecule has 0 aliphatic heterocycles. The molecule has 0 aromatic carbocycles. The second-order valence-electron chi connectivity index (χ2n) is 6.37. The van der Waals surface area contributed by atoms with E-state index in [2.05, 4.69) is 5.32 Å². The minimum absolute atomic E-state index is 0.114. The van der Waals surface area contributed by atoms with Gasteiger partial charge in [-0.2, -0.15) is 0 Å². The number of rotatable bonds is 7. The molecule has 1 saturated carbocycles. The maximum atomic E-state index is 12.0. The van der Waals surface area contributed by atoms with E-state index in [1.165, 1.54) is 4.90 Å². The Morgan fingerprint density at radius 3 is 2.30 bits per heavy atom. The average Bonchev–Trinajstić information content (AvgIpc) is 3.09. The molecular weight excluding hydrogens is 260 g/mol. The standard InChI is InChI=1S/C14H24N2O4/c1-14(2,3)13(20)15-7-6-11(17)16(9-12(18)19)8-10-4-5-10/h10H,4-9H2,1-3H3,(H,15,20)(H,18,19). The molecule has 0 bridgehead atoms. The predicted molar refractivity (Wildman–Crippen MR) is 74.0 cm³/mol. The molecule has 0 atom stereocenters. The van der Waals surface area contributed by atoms with Crippen molar-refractivity contribution in [2.45, 2.75) is 40.0 Å². The number of carbonyl (C=O) groups excluding carboxylic acids is 2. The molecule has 0 aromatic heterocycles. The van der Waals surface area contributed by atoms with Crippen molar-refractivity contribution in [3.05, 3.63) is 0 Å². The van der Waals surface area contributed by atoms with E-state index in [-0.39, 0.29) is 31.3 Å². The molecule has 1 rings (SSSR count). The van der Waals surface area contributed by atoms with Crippen LogP contribution in [0.25, 0.3) is 0 Å². The van der Waals surface area contributed by atoms with Crippen LogP contribution >= 0.6 is 0 Å². The Morgan fingerprint density at radius 1 is 1.25 bits per heavy atom. The van der Waals surface area contributed by atoms with Gasteiger partial charge in [-0.3, -0.25) is 14.4 Å². The molecule has 1 fully saturated rings. The number of nitrogens with zero attached hydrogens (tertiary/aromatic N) is 1. The number of carboxylic acid groups (broad SMARTS) is 1. The second-order valence-corrected chi connectivity index (χ2v) is 6.37. The molecule has 0 radical (unpaired) electrons. The summed E-state index contributed by atoms with van der Waals surface area (Å²) in [5, 5.41) is 11.5. The summed E-state index contributed by atoms with van der Waals surface area (Å²) in [4.78, 5) is 35.8. The number of carbonyl (C=O) groups is 3. The zero-order valence-corrected chi connectivity index (χ0v) is 12.4. The van der Waals surface area contributed by atoms with Crippen molar-refractivity contribution in [1.82, 2.24) is 10.2 Å². The topological polar surface area (TPSA) is 86.7 Å². The molecule has 0 saturated heterocycles. The van der Waals surface area contributed by atoms with E-state index in [9.17, 15) is 14.4 Å². The molecule has 2 N–H and O–H groups in total. The fourth-order valence-corrected chi connectivity index (χ4v) is 1.74. The fraction of sp³-hybridized carbons (Fsp3) is 0.786. The number of carboxylic acids is 1. The quantitative estimate of drug-likeness (QED) is 0.726. The maximum absolute atomic E-state index is 12.0. The van der Waals surface area contributed by atoms with Crippen molar-refractivity contribution in [3.8, 4) is 0 Å². The second kappa shape index (κ2) is 6.72. The normalized spacial score (nSPS) is 14.8. The molecule has 20 heavy (non-hydrogen) atoms. The molecule has 0 heterocycles. The van der Waals surface area contributed by atoms with Gasteiger partial charge >= 0.3 is 5.97 Å². The SMILES string of the molecule is CC(C)(C)C(=O)NCCC(=O)N(CC(=O)O)CC1CC1. The molecule has 1 aliphatic rings. The Hall–Kier alpha value is -1.59. The lowest BCUT2D eigenvalue weighted by atomic mass is 9.96. The monoisotopic (exact) mass is 284 g/mol. The van der Waals surface area contributed by atoms with E-state index in [1.807, 2.05) is 0 Å². The summed E-state index contributed by atoms with van der Waals surface area (Å²) in [6, 6.07) is 0. The molecule has 0 spiro atoms. The van der Waals surface area contributed by atoms with Gasteiger partial charge in [-0.15, -0.1) is 0 Å². The smallest absolute Gasteiger partial charge is 0.323 e. The largest absolute Gasteiger partial charge is 0.480 e. The molecule has 2 amide bonds. The van der Waals surface area contributed by atoms with Crippen molar-refractivity contribution in [2.24, 2.45) is 11.3 Å². The van der Waals surface area contributed by atoms with Gasteiger partial charge in [0.2, 0.25) is 11.8 Å². The third kappa shape index (κ3) is 6.04. The first-order valence-corrected chi connectivity index (χ1v) is 6.98. The maximum Gasteiger partial charge on any atom is 0.323 e. The van der Waals surface area contributed by atoms with E-state index >= 15 is 0 Å². The molecule has 0 aromatic rings. The van der Waals surface area contributed by atoms with E-state index in [0.717, 1.165) is 12.8 Å². The molecule has 1 aliphatic carbocycles. The summed E-state index contributed by atoms with van der Waals surface area (Å²) in [7, 11) is 0. The van der Waals surface area contributed by atoms with E-state index in [4.69, 9.17) is 5.11 Å². The van der Waals surface area contributed by atoms with E-state index < -0.39 is 11.4 Å². The van der Waals surface area contributed by atoms with Crippen molar-refractivity contribution in [3.63, 3.8) is 0 Å². The summed E-state index contributed by atoms with van der Waals surface area (Å²) in [5.41, 5.74) is -0.488. The highest BCUT2D eigenvalue weighted by Crippen LogP contribution is 2.29. The highest BCUT2D eigenvalue weighted by atomic mass is 16.4. The van der Waals surface area contributed by atoms with E-state index in [1.54, 1.807) is 20.8 Å². The van der Waals surface area contributed by atoms with Crippen LogP contribution in [0.2, 0.25) is 0 Å². The fourth-order valence-electron chi connectivity index (χ4n) is 1.74. The van der Waals surface area contributed by atoms with Crippen LogP contribution in [0.15, 0.2) is 0 Å². The van der Waals surface area contributed by atoms with Gasteiger partial charge in [0.15, 0.2) is 0 Å². The Kier molecular flexibility index (Phi) is 5.53. The van der Waals surface area contributed by atoms with Gasteiger partial charge in [-0.1, -0.05) is 20.8 Å². The van der Waals surface area contributed by atoms with Crippen molar-refractivity contribution < 1.29 is 19.5 Å². The Labute approximate surface area is 119 Å². The van der Waals surface area contributed by atoms with Gasteiger partial charge in [-0.25, -0.2) is 0 Å². The van der Waals surface area contributed by atoms with Crippen LogP contribution < -0.4 is 5.32 Å². The van der Waals surface area contributed by atoms with Crippen LogP contribution in [0.1, 0.15) is 40.0 Å². The lowest BCUT2D eigenvalue weighted by molar-refractivity contribution is -0.144. The van der Waals surface area contributed by atoms with Gasteiger partial charge in [0, 0.05) is 24.9 Å². The molecule has 6 heteroatoms. The van der Waals surface area contributed by atoms with Crippen molar-refractivity contribution in [1.29, 1.82) is 0 Å². The summed E-state index contributed by atoms with van der Waals surface area (Å²) >= 11 is 0. The first kappa shape index (κ1) is 16.5. The average molecular weight is 284 g/mol. The summed E-state index contributed by atoms with van der Waals surface area (Å²) in [6.45, 7) is 5.90. The van der Waals surface area contributed by atoms with Crippen LogP contribution in [0.3, 0.4) is 0 Å². The van der Waals surface area contributed by atoms with Crippen LogP contribution in [0, 0.1) is 11.3 Å². The van der Waals surface area contributed by atoms with Gasteiger partial charge in [0.05, 0.1) is 0 Å². The molecule has 0 unspecified atom stereocenters. The third-order valence-electron chi connectivity index (χ3n) is 3.16. The van der Waals surface area contributed by atoms with Crippen LogP contribution in [0.5, 0.6) is 0 Å². The minimum Gasteiger partial charge on any atom is -0.480 e. The van der Waals surface area contributed by atoms with Gasteiger partial charge in [0.25, 0.3) is 0 Å². The van der Waals surface area contributed by atoms with E-state index in [0.29, 0.717) is 12.5 Å². The minimum atomic E-state index is -1.00. The lowest BCUT2D eigenvalue weighted by Crippen LogP contribution is -2.40. The van der Waals surface area contributed by atoms with Gasteiger partial charge < -0.3 is 15.3 Å². The Morgan fingerprint density at radius 2 is 1.85 bits per heavy atom. The van der Waals surface area contributed by atoms with Gasteiger partial charge in [0.1, 0.15) is 6.54 Å². The summed E-state index contributed by atoms with van der Waals surface area (Å²) < 4.78 is 0. The number of amides is 2. The number of nitrogens with one attached hydrogen (secondary N) is 1. The highest BCUT2D eigenvalue weighted by molar-refractivity contribution is 5.83. The number of hydrogen-bond acceptors (Lipinski definition) is 3. The highest BCUT2D eigenvalue weighted by Gasteiger charge is 2.28. The Bertz CT molecular complexity index is 383. The van der Waals surface area contributed by atoms with Crippen LogP contribution in [-0.4, -0.2) is 47.4 Å². The lowest BCUT2D eigenvalue weighted by Gasteiger charge is -2.21. The zero-order chi connectivity index (χ0) is 15.3. The first-order chi connectivity index (χ1) is 9.20. The van der Waals surface area contributed by atoms with Crippen LogP contribution in [-0.2, 0) is 14.4 Å². The van der Waals surface area contributed by atoms with Crippen LogP contribution in [0.4, 0.5) is 0 Å². The molecular formula is C14H24N2O4. The zero-order valence-electron chi connectivity index (χ0n) is 12.4. The number of hydrogen-bond donors (Lipinski definition) is 2.